The number of hydrogen-bond acceptors (Lipinski definition) is 4. The van der Waals surface area contributed by atoms with Gasteiger partial charge in [-0.3, -0.25) is 4.99 Å². The second-order valence-corrected chi connectivity index (χ2v) is 5.37. The van der Waals surface area contributed by atoms with Crippen LogP contribution in [0.2, 0.25) is 0 Å². The molecule has 23 heavy (non-hydrogen) atoms. The summed E-state index contributed by atoms with van der Waals surface area (Å²) in [5.41, 5.74) is 1.12. The highest BCUT2D eigenvalue weighted by Gasteiger charge is 2.16. The van der Waals surface area contributed by atoms with E-state index in [9.17, 15) is 0 Å². The molecule has 1 aliphatic carbocycles. The number of aliphatic imine (C=N–C) groups is 1. The molecule has 0 atom stereocenters. The second-order valence-electron chi connectivity index (χ2n) is 5.37. The Morgan fingerprint density at radius 1 is 1.35 bits per heavy atom. The van der Waals surface area contributed by atoms with Gasteiger partial charge in [0.15, 0.2) is 5.96 Å². The number of nitrogens with zero attached hydrogens (tertiary/aromatic N) is 2. The summed E-state index contributed by atoms with van der Waals surface area (Å²) >= 11 is 0. The molecule has 0 spiro atoms. The molecule has 0 amide bonds. The Kier molecular flexibility index (Phi) is 9.93. The third-order valence-corrected chi connectivity index (χ3v) is 3.67. The van der Waals surface area contributed by atoms with E-state index in [1.54, 1.807) is 20.4 Å². The smallest absolute Gasteiger partial charge is 0.213 e. The Hall–Kier alpha value is -1.09. The Bertz CT molecular complexity index is 479. The van der Waals surface area contributed by atoms with E-state index in [1.807, 2.05) is 12.1 Å². The molecule has 0 aromatic carbocycles. The van der Waals surface area contributed by atoms with E-state index < -0.39 is 0 Å². The molecule has 2 N–H and O–H groups in total. The molecule has 0 saturated heterocycles. The van der Waals surface area contributed by atoms with Crippen LogP contribution in [0.5, 0.6) is 5.88 Å². The predicted octanol–water partition coefficient (Wildman–Crippen LogP) is 2.33. The van der Waals surface area contributed by atoms with Gasteiger partial charge in [-0.25, -0.2) is 4.98 Å². The fourth-order valence-corrected chi connectivity index (χ4v) is 2.48. The predicted molar refractivity (Wildman–Crippen MR) is 103 cm³/mol. The number of nitrogens with one attached hydrogen (secondary N) is 2. The second kappa shape index (κ2) is 11.4. The fraction of sp³-hybridized carbons (Fsp3) is 0.625. The van der Waals surface area contributed by atoms with Crippen molar-refractivity contribution in [1.82, 2.24) is 15.6 Å². The summed E-state index contributed by atoms with van der Waals surface area (Å²) in [5, 5.41) is 6.45. The summed E-state index contributed by atoms with van der Waals surface area (Å²) < 4.78 is 10.9. The molecule has 0 aliphatic heterocycles. The number of pyridine rings is 1. The van der Waals surface area contributed by atoms with Crippen molar-refractivity contribution in [2.45, 2.75) is 38.3 Å². The van der Waals surface area contributed by atoms with Crippen LogP contribution in [0, 0.1) is 0 Å². The lowest BCUT2D eigenvalue weighted by atomic mass is 10.2. The lowest BCUT2D eigenvalue weighted by Crippen LogP contribution is -2.38. The molecule has 1 saturated carbocycles. The number of rotatable bonds is 7. The van der Waals surface area contributed by atoms with Gasteiger partial charge in [-0.1, -0.05) is 0 Å². The molecule has 0 bridgehead atoms. The number of ether oxygens (including phenoxy) is 2. The summed E-state index contributed by atoms with van der Waals surface area (Å²) in [6.45, 7) is 2.05. The average molecular weight is 434 g/mol. The van der Waals surface area contributed by atoms with Crippen molar-refractivity contribution in [2.75, 3.05) is 27.3 Å². The van der Waals surface area contributed by atoms with E-state index in [2.05, 4.69) is 20.6 Å². The summed E-state index contributed by atoms with van der Waals surface area (Å²) in [5.74, 6) is 1.47. The summed E-state index contributed by atoms with van der Waals surface area (Å²) in [7, 11) is 3.43. The Morgan fingerprint density at radius 2 is 2.13 bits per heavy atom. The van der Waals surface area contributed by atoms with E-state index >= 15 is 0 Å². The minimum atomic E-state index is 0. The van der Waals surface area contributed by atoms with Crippen LogP contribution in [-0.2, 0) is 11.3 Å². The topological polar surface area (TPSA) is 67.8 Å². The molecule has 2 rings (SSSR count). The zero-order chi connectivity index (χ0) is 15.6. The van der Waals surface area contributed by atoms with Gasteiger partial charge < -0.3 is 20.1 Å². The maximum absolute atomic E-state index is 5.93. The van der Waals surface area contributed by atoms with Crippen molar-refractivity contribution in [3.63, 3.8) is 0 Å². The molecule has 1 fully saturated rings. The number of hydrogen-bond donors (Lipinski definition) is 2. The molecular formula is C16H27IN4O2. The molecule has 6 nitrogen and oxygen atoms in total. The van der Waals surface area contributed by atoms with Crippen molar-refractivity contribution in [2.24, 2.45) is 4.99 Å². The zero-order valence-electron chi connectivity index (χ0n) is 13.9. The molecule has 1 heterocycles. The van der Waals surface area contributed by atoms with Crippen LogP contribution in [-0.4, -0.2) is 44.4 Å². The van der Waals surface area contributed by atoms with Gasteiger partial charge in [0.05, 0.1) is 6.61 Å². The first-order chi connectivity index (χ1) is 10.8. The van der Waals surface area contributed by atoms with Crippen LogP contribution in [0.4, 0.5) is 0 Å². The molecule has 1 aromatic heterocycles. The Balaban J connectivity index is 0.00000264. The van der Waals surface area contributed by atoms with Crippen molar-refractivity contribution in [1.29, 1.82) is 0 Å². The van der Waals surface area contributed by atoms with Crippen LogP contribution in [0.25, 0.3) is 0 Å². The number of aromatic nitrogens is 1. The van der Waals surface area contributed by atoms with Gasteiger partial charge in [-0.05, 0) is 37.3 Å². The highest BCUT2D eigenvalue weighted by atomic mass is 127. The highest BCUT2D eigenvalue weighted by molar-refractivity contribution is 14.0. The molecule has 7 heteroatoms. The average Bonchev–Trinajstić information content (AvgIpc) is 3.04. The molecule has 0 radical (unpaired) electrons. The van der Waals surface area contributed by atoms with Gasteiger partial charge >= 0.3 is 0 Å². The minimum absolute atomic E-state index is 0. The number of halogens is 1. The van der Waals surface area contributed by atoms with E-state index in [0.29, 0.717) is 25.1 Å². The van der Waals surface area contributed by atoms with E-state index in [4.69, 9.17) is 9.47 Å². The lowest BCUT2D eigenvalue weighted by molar-refractivity contribution is 0.201. The van der Waals surface area contributed by atoms with Gasteiger partial charge in [-0.2, -0.15) is 0 Å². The maximum atomic E-state index is 5.93. The fourth-order valence-electron chi connectivity index (χ4n) is 2.48. The largest absolute Gasteiger partial charge is 0.474 e. The highest BCUT2D eigenvalue weighted by Crippen LogP contribution is 2.23. The van der Waals surface area contributed by atoms with Crippen molar-refractivity contribution in [3.05, 3.63) is 23.9 Å². The number of methoxy groups -OCH3 is 1. The lowest BCUT2D eigenvalue weighted by Gasteiger charge is -2.14. The van der Waals surface area contributed by atoms with Gasteiger partial charge in [0.25, 0.3) is 0 Å². The SMILES string of the molecule is CN=C(NCCOC)NCc1ccnc(OC2CCCC2)c1.I. The van der Waals surface area contributed by atoms with Crippen LogP contribution in [0.1, 0.15) is 31.2 Å². The van der Waals surface area contributed by atoms with Gasteiger partial charge in [0.2, 0.25) is 5.88 Å². The van der Waals surface area contributed by atoms with Crippen molar-refractivity contribution >= 4 is 29.9 Å². The van der Waals surface area contributed by atoms with Crippen LogP contribution in [0.3, 0.4) is 0 Å². The van der Waals surface area contributed by atoms with Crippen LogP contribution in [0.15, 0.2) is 23.3 Å². The summed E-state index contributed by atoms with van der Waals surface area (Å²) in [6.07, 6.45) is 6.92. The van der Waals surface area contributed by atoms with E-state index in [0.717, 1.165) is 30.9 Å². The quantitative estimate of drug-likeness (QED) is 0.299. The monoisotopic (exact) mass is 434 g/mol. The third kappa shape index (κ3) is 7.34. The van der Waals surface area contributed by atoms with Gasteiger partial charge in [0.1, 0.15) is 6.10 Å². The number of guanidine groups is 1. The first kappa shape index (κ1) is 20.0. The molecule has 1 aromatic rings. The Labute approximate surface area is 155 Å². The van der Waals surface area contributed by atoms with E-state index in [-0.39, 0.29) is 24.0 Å². The van der Waals surface area contributed by atoms with Crippen LogP contribution >= 0.6 is 24.0 Å². The summed E-state index contributed by atoms with van der Waals surface area (Å²) in [6, 6.07) is 3.98. The van der Waals surface area contributed by atoms with Crippen LogP contribution < -0.4 is 15.4 Å². The minimum Gasteiger partial charge on any atom is -0.474 e. The molecular weight excluding hydrogens is 407 g/mol. The van der Waals surface area contributed by atoms with Gasteiger partial charge in [-0.15, -0.1) is 24.0 Å². The van der Waals surface area contributed by atoms with Crippen molar-refractivity contribution in [3.8, 4) is 5.88 Å². The molecule has 1 aliphatic rings. The summed E-state index contributed by atoms with van der Waals surface area (Å²) in [4.78, 5) is 8.47. The van der Waals surface area contributed by atoms with E-state index in [1.165, 1.54) is 12.8 Å². The first-order valence-corrected chi connectivity index (χ1v) is 7.87. The zero-order valence-corrected chi connectivity index (χ0v) is 16.2. The standard InChI is InChI=1S/C16H26N4O2.HI/c1-17-16(19-9-10-21-2)20-12-13-7-8-18-15(11-13)22-14-5-3-4-6-14;/h7-8,11,14H,3-6,9-10,12H2,1-2H3,(H2,17,19,20);1H. The molecule has 130 valence electrons. The third-order valence-electron chi connectivity index (χ3n) is 3.67. The normalized spacial score (nSPS) is 15.1. The van der Waals surface area contributed by atoms with Crippen molar-refractivity contribution < 1.29 is 9.47 Å². The Morgan fingerprint density at radius 3 is 2.83 bits per heavy atom. The first-order valence-electron chi connectivity index (χ1n) is 7.87. The molecule has 0 unspecified atom stereocenters. The maximum Gasteiger partial charge on any atom is 0.213 e. The van der Waals surface area contributed by atoms with Gasteiger partial charge in [0, 0.05) is 39.5 Å².